The number of rotatable bonds is 16. The third kappa shape index (κ3) is 12.9. The first-order chi connectivity index (χ1) is 24.2. The van der Waals surface area contributed by atoms with E-state index in [1.807, 2.05) is 0 Å². The van der Waals surface area contributed by atoms with Crippen LogP contribution >= 0.6 is 31.5 Å². The summed E-state index contributed by atoms with van der Waals surface area (Å²) < 4.78 is 113. The van der Waals surface area contributed by atoms with E-state index >= 15 is 0 Å². The Bertz CT molecular complexity index is 1730. The third-order valence-electron chi connectivity index (χ3n) is 7.77. The molecule has 0 heterocycles. The van der Waals surface area contributed by atoms with Crippen molar-refractivity contribution in [1.82, 2.24) is 0 Å². The van der Waals surface area contributed by atoms with E-state index in [9.17, 15) is 30.9 Å². The average molecular weight is 793 g/mol. The molecule has 0 aliphatic rings. The first-order valence-electron chi connectivity index (χ1n) is 15.8. The fourth-order valence-corrected chi connectivity index (χ4v) is 6.16. The van der Waals surface area contributed by atoms with E-state index in [0.717, 1.165) is 24.3 Å². The topological polar surface area (TPSA) is 106 Å². The van der Waals surface area contributed by atoms with Gasteiger partial charge in [0.15, 0.2) is 0 Å². The largest absolute Gasteiger partial charge is 0.697 e. The molecule has 0 spiro atoms. The highest BCUT2D eigenvalue weighted by atomic mass is 35.5. The summed E-state index contributed by atoms with van der Waals surface area (Å²) in [5.41, 5.74) is 10.7. The van der Waals surface area contributed by atoms with Gasteiger partial charge < -0.3 is 20.9 Å². The van der Waals surface area contributed by atoms with Crippen LogP contribution in [0.5, 0.6) is 23.0 Å². The quantitative estimate of drug-likeness (QED) is 0.0859. The molecule has 0 saturated heterocycles. The van der Waals surface area contributed by atoms with Crippen molar-refractivity contribution in [2.24, 2.45) is 11.5 Å². The normalized spacial score (nSPS) is 14.4. The highest BCUT2D eigenvalue weighted by Crippen LogP contribution is 2.36. The molecule has 4 N–H and O–H groups in total. The molecule has 0 aliphatic carbocycles. The number of hydrogen-bond acceptors (Lipinski definition) is 7. The fourth-order valence-electron chi connectivity index (χ4n) is 4.75. The van der Waals surface area contributed by atoms with Crippen LogP contribution in [0, 0.1) is 0 Å². The van der Waals surface area contributed by atoms with E-state index in [4.69, 9.17) is 53.2 Å². The molecule has 280 valence electrons. The molecule has 16 heteroatoms. The molecule has 0 aromatic heterocycles. The van der Waals surface area contributed by atoms with Crippen LogP contribution in [-0.4, -0.2) is 24.3 Å². The Labute approximate surface area is 308 Å². The van der Waals surface area contributed by atoms with E-state index in [1.54, 1.807) is 38.1 Å². The van der Waals surface area contributed by atoms with Gasteiger partial charge in [-0.15, -0.1) is 9.05 Å². The van der Waals surface area contributed by atoms with Crippen molar-refractivity contribution in [3.63, 3.8) is 0 Å². The van der Waals surface area contributed by atoms with E-state index in [2.05, 4.69) is 0 Å². The third-order valence-corrected chi connectivity index (χ3v) is 9.16. The van der Waals surface area contributed by atoms with E-state index in [1.165, 1.54) is 36.4 Å². The molecule has 0 amide bonds. The smallest absolute Gasteiger partial charge is 0.457 e. The molecule has 0 saturated carbocycles. The van der Waals surface area contributed by atoms with Crippen LogP contribution in [0.4, 0.5) is 26.3 Å². The Morgan fingerprint density at radius 3 is 1.31 bits per heavy atom. The van der Waals surface area contributed by atoms with Crippen molar-refractivity contribution in [1.29, 1.82) is 0 Å². The summed E-state index contributed by atoms with van der Waals surface area (Å²) in [6, 6.07) is 18.6. The Balaban J connectivity index is 1.20. The molecule has 0 fully saturated rings. The molecule has 4 aromatic carbocycles. The monoisotopic (exact) mass is 791 g/mol. The van der Waals surface area contributed by atoms with Crippen molar-refractivity contribution >= 4 is 31.5 Å². The van der Waals surface area contributed by atoms with E-state index < -0.39 is 42.8 Å². The maximum Gasteiger partial charge on any atom is 0.697 e. The second kappa shape index (κ2) is 17.2. The van der Waals surface area contributed by atoms with Gasteiger partial charge in [-0.2, -0.15) is 26.3 Å². The van der Waals surface area contributed by atoms with Crippen LogP contribution < -0.4 is 20.9 Å². The minimum atomic E-state index is -4.50. The molecule has 2 atom stereocenters. The number of ether oxygens (including phenoxy) is 2. The highest BCUT2D eigenvalue weighted by Gasteiger charge is 2.33. The van der Waals surface area contributed by atoms with Gasteiger partial charge >= 0.3 is 20.6 Å². The highest BCUT2D eigenvalue weighted by molar-refractivity contribution is 7.33. The number of hydrogen-bond donors (Lipinski definition) is 2. The summed E-state index contributed by atoms with van der Waals surface area (Å²) in [5.74, 6) is 0.547. The molecular weight excluding hydrogens is 756 g/mol. The van der Waals surface area contributed by atoms with Gasteiger partial charge in [-0.1, -0.05) is 47.5 Å². The predicted octanol–water partition coefficient (Wildman–Crippen LogP) is 11.3. The predicted molar refractivity (Wildman–Crippen MR) is 187 cm³/mol. The minimum Gasteiger partial charge on any atom is -0.457 e. The van der Waals surface area contributed by atoms with Gasteiger partial charge in [-0.05, 0) is 111 Å². The van der Waals surface area contributed by atoms with Crippen molar-refractivity contribution in [3.05, 3.63) is 117 Å². The van der Waals surface area contributed by atoms with E-state index in [0.29, 0.717) is 46.9 Å². The second-order valence-corrected chi connectivity index (χ2v) is 14.6. The van der Waals surface area contributed by atoms with Crippen LogP contribution in [0.3, 0.4) is 0 Å². The Hall–Kier alpha value is -3.42. The fraction of sp³-hybridized carbons (Fsp3) is 0.333. The van der Waals surface area contributed by atoms with Gasteiger partial charge in [0.25, 0.3) is 0 Å². The van der Waals surface area contributed by atoms with Gasteiger partial charge in [0, 0.05) is 25.7 Å². The van der Waals surface area contributed by atoms with Gasteiger partial charge in [0.2, 0.25) is 0 Å². The first-order valence-corrected chi connectivity index (χ1v) is 17.6. The minimum absolute atomic E-state index is 0.0130. The molecule has 0 unspecified atom stereocenters. The summed E-state index contributed by atoms with van der Waals surface area (Å²) in [6.45, 7) is 3.20. The molecule has 0 aliphatic heterocycles. The zero-order valence-electron chi connectivity index (χ0n) is 28.0. The Kier molecular flexibility index (Phi) is 13.6. The van der Waals surface area contributed by atoms with Gasteiger partial charge in [0.05, 0.1) is 11.1 Å². The maximum atomic E-state index is 13.0. The van der Waals surface area contributed by atoms with Crippen molar-refractivity contribution < 1.29 is 49.4 Å². The molecule has 4 rings (SSSR count). The molecular formula is C36H36Cl2F6N2O5P+. The summed E-state index contributed by atoms with van der Waals surface area (Å²) in [4.78, 5) is 0. The number of benzene rings is 4. The summed E-state index contributed by atoms with van der Waals surface area (Å²) in [7, 11) is -2.56. The van der Waals surface area contributed by atoms with Crippen molar-refractivity contribution in [3.8, 4) is 23.0 Å². The number of alkyl halides is 6. The molecule has 52 heavy (non-hydrogen) atoms. The van der Waals surface area contributed by atoms with Gasteiger partial charge in [0.1, 0.15) is 36.2 Å². The summed E-state index contributed by atoms with van der Waals surface area (Å²) >= 11 is 12.8. The molecule has 7 nitrogen and oxygen atoms in total. The average Bonchev–Trinajstić information content (AvgIpc) is 3.05. The molecule has 4 aromatic rings. The lowest BCUT2D eigenvalue weighted by molar-refractivity contribution is -0.138. The van der Waals surface area contributed by atoms with Crippen LogP contribution in [-0.2, 0) is 38.8 Å². The SMILES string of the molecule is C[C@@](N)(CCc1ccc(Oc2cccc(C(F)(F)F)c2)cc1Cl)CO[P+](=O)OC[C@](C)(N)CCc1ccc(Oc2cccc(C(F)(F)F)c2)cc1Cl. The van der Waals surface area contributed by atoms with Crippen LogP contribution in [0.2, 0.25) is 10.0 Å². The molecule has 0 bridgehead atoms. The lowest BCUT2D eigenvalue weighted by Gasteiger charge is -2.23. The number of aryl methyl sites for hydroxylation is 2. The zero-order chi connectivity index (χ0) is 38.3. The Morgan fingerprint density at radius 2 is 0.962 bits per heavy atom. The maximum absolute atomic E-state index is 13.0. The van der Waals surface area contributed by atoms with Crippen LogP contribution in [0.1, 0.15) is 48.9 Å². The zero-order valence-corrected chi connectivity index (χ0v) is 30.4. The number of halogens is 8. The molecule has 0 radical (unpaired) electrons. The first kappa shape index (κ1) is 41.3. The van der Waals surface area contributed by atoms with Crippen molar-refractivity contribution in [2.45, 2.75) is 63.0 Å². The summed E-state index contributed by atoms with van der Waals surface area (Å²) in [6.07, 6.45) is -7.42. The second-order valence-electron chi connectivity index (χ2n) is 12.8. The van der Waals surface area contributed by atoms with Crippen molar-refractivity contribution in [2.75, 3.05) is 13.2 Å². The van der Waals surface area contributed by atoms with Crippen LogP contribution in [0.25, 0.3) is 0 Å². The Morgan fingerprint density at radius 1 is 0.596 bits per heavy atom. The number of nitrogens with two attached hydrogens (primary N) is 2. The van der Waals surface area contributed by atoms with E-state index in [-0.39, 0.29) is 36.2 Å². The summed E-state index contributed by atoms with van der Waals surface area (Å²) in [5, 5.41) is 0.664. The van der Waals surface area contributed by atoms with Gasteiger partial charge in [-0.3, -0.25) is 0 Å². The lowest BCUT2D eigenvalue weighted by atomic mass is 9.95. The van der Waals surface area contributed by atoms with Crippen LogP contribution in [0.15, 0.2) is 84.9 Å². The van der Waals surface area contributed by atoms with Gasteiger partial charge in [-0.25, -0.2) is 0 Å². The lowest BCUT2D eigenvalue weighted by Crippen LogP contribution is -2.42. The standard InChI is InChI=1S/C36H36Cl2F6N2O5P/c1-33(45,15-13-23-9-11-29(19-31(23)37)50-27-7-3-5-25(17-27)35(39,40)41)21-48-52(47)49-22-34(2,46)16-14-24-10-12-30(20-32(24)38)51-28-8-4-6-26(18-28)36(42,43)44/h3-12,17-20H,13-16,21-22,45-46H2,1-2H3/q+1/t33-,34-/m1/s1.